The van der Waals surface area contributed by atoms with Crippen LogP contribution in [0.3, 0.4) is 0 Å². The van der Waals surface area contributed by atoms with Gasteiger partial charge in [-0.1, -0.05) is 0 Å². The lowest BCUT2D eigenvalue weighted by atomic mass is 10.0. The van der Waals surface area contributed by atoms with Crippen LogP contribution in [0, 0.1) is 5.82 Å². The van der Waals surface area contributed by atoms with Crippen molar-refractivity contribution in [2.45, 2.75) is 0 Å². The van der Waals surface area contributed by atoms with E-state index < -0.39 is 5.82 Å². The van der Waals surface area contributed by atoms with E-state index in [0.29, 0.717) is 17.1 Å². The zero-order valence-electron chi connectivity index (χ0n) is 9.84. The van der Waals surface area contributed by atoms with Crippen LogP contribution >= 0.6 is 0 Å². The van der Waals surface area contributed by atoms with Crippen LogP contribution in [-0.2, 0) is 0 Å². The molecule has 0 aromatic carbocycles. The fourth-order valence-corrected chi connectivity index (χ4v) is 1.92. The molecule has 0 aliphatic heterocycles. The maximum Gasteiger partial charge on any atom is 0.153 e. The fourth-order valence-electron chi connectivity index (χ4n) is 1.92. The summed E-state index contributed by atoms with van der Waals surface area (Å²) in [6.07, 6.45) is 6.03. The summed E-state index contributed by atoms with van der Waals surface area (Å²) < 4.78 is 13.3. The molecule has 5 nitrogen and oxygen atoms in total. The van der Waals surface area contributed by atoms with Crippen LogP contribution in [-0.4, -0.2) is 20.2 Å². The summed E-state index contributed by atoms with van der Waals surface area (Å²) in [6, 6.07) is 5.01. The van der Waals surface area contributed by atoms with Gasteiger partial charge in [0.2, 0.25) is 0 Å². The lowest BCUT2D eigenvalue weighted by Gasteiger charge is -2.04. The molecule has 3 rings (SSSR count). The number of hydrogen-bond acceptors (Lipinski definition) is 4. The molecular formula is C13H10FN5. The minimum absolute atomic E-state index is 0.352. The van der Waals surface area contributed by atoms with Crippen LogP contribution in [0.2, 0.25) is 0 Å². The standard InChI is InChI=1S/C13H10FN5/c14-10-5-9(6-17-7-10)12-11(13(15)19-18-12)8-1-3-16-4-2-8/h1-7H,(H3,15,18,19). The SMILES string of the molecule is Nc1n[nH]c(-c2cncc(F)c2)c1-c1ccncc1. The topological polar surface area (TPSA) is 80.5 Å². The predicted octanol–water partition coefficient (Wildman–Crippen LogP) is 2.25. The van der Waals surface area contributed by atoms with E-state index in [1.807, 2.05) is 12.1 Å². The number of H-pyrrole nitrogens is 1. The van der Waals surface area contributed by atoms with E-state index in [0.717, 1.165) is 17.3 Å². The van der Waals surface area contributed by atoms with Gasteiger partial charge in [-0.15, -0.1) is 0 Å². The zero-order chi connectivity index (χ0) is 13.2. The van der Waals surface area contributed by atoms with E-state index >= 15 is 0 Å². The van der Waals surface area contributed by atoms with E-state index in [4.69, 9.17) is 5.73 Å². The maximum atomic E-state index is 13.3. The molecule has 3 aromatic heterocycles. The van der Waals surface area contributed by atoms with Crippen molar-refractivity contribution in [2.24, 2.45) is 0 Å². The molecule has 0 spiro atoms. The summed E-state index contributed by atoms with van der Waals surface area (Å²) in [5, 5.41) is 6.80. The van der Waals surface area contributed by atoms with Crippen LogP contribution < -0.4 is 5.73 Å². The summed E-state index contributed by atoms with van der Waals surface area (Å²) in [7, 11) is 0. The summed E-state index contributed by atoms with van der Waals surface area (Å²) in [6.45, 7) is 0. The predicted molar refractivity (Wildman–Crippen MR) is 69.4 cm³/mol. The van der Waals surface area contributed by atoms with E-state index in [9.17, 15) is 4.39 Å². The lowest BCUT2D eigenvalue weighted by molar-refractivity contribution is 0.622. The Bertz CT molecular complexity index is 708. The molecular weight excluding hydrogens is 245 g/mol. The first-order chi connectivity index (χ1) is 9.25. The normalized spacial score (nSPS) is 10.6. The smallest absolute Gasteiger partial charge is 0.153 e. The Morgan fingerprint density at radius 2 is 1.84 bits per heavy atom. The van der Waals surface area contributed by atoms with Crippen LogP contribution in [0.25, 0.3) is 22.4 Å². The molecule has 0 bridgehead atoms. The van der Waals surface area contributed by atoms with E-state index in [1.165, 1.54) is 6.07 Å². The molecule has 3 heterocycles. The highest BCUT2D eigenvalue weighted by Gasteiger charge is 2.15. The molecule has 0 saturated carbocycles. The van der Waals surface area contributed by atoms with E-state index in [2.05, 4.69) is 20.2 Å². The first kappa shape index (κ1) is 11.3. The summed E-state index contributed by atoms with van der Waals surface area (Å²) >= 11 is 0. The Morgan fingerprint density at radius 3 is 2.58 bits per heavy atom. The van der Waals surface area contributed by atoms with Gasteiger partial charge in [-0.25, -0.2) is 4.39 Å². The number of pyridine rings is 2. The Hall–Kier alpha value is -2.76. The van der Waals surface area contributed by atoms with Crippen LogP contribution in [0.5, 0.6) is 0 Å². The molecule has 6 heteroatoms. The van der Waals surface area contributed by atoms with Gasteiger partial charge in [-0.3, -0.25) is 15.1 Å². The molecule has 3 aromatic rings. The van der Waals surface area contributed by atoms with E-state index in [-0.39, 0.29) is 0 Å². The van der Waals surface area contributed by atoms with Gasteiger partial charge >= 0.3 is 0 Å². The Labute approximate surface area is 108 Å². The second-order valence-electron chi connectivity index (χ2n) is 3.99. The maximum absolute atomic E-state index is 13.3. The highest BCUT2D eigenvalue weighted by molar-refractivity contribution is 5.87. The number of nitrogen functional groups attached to an aromatic ring is 1. The van der Waals surface area contributed by atoms with Crippen molar-refractivity contribution in [2.75, 3.05) is 5.73 Å². The van der Waals surface area contributed by atoms with Crippen molar-refractivity contribution in [3.8, 4) is 22.4 Å². The van der Waals surface area contributed by atoms with Gasteiger partial charge in [0.15, 0.2) is 5.82 Å². The molecule has 0 amide bonds. The van der Waals surface area contributed by atoms with Gasteiger partial charge in [0.05, 0.1) is 17.5 Å². The van der Waals surface area contributed by atoms with Gasteiger partial charge < -0.3 is 5.73 Å². The summed E-state index contributed by atoms with van der Waals surface area (Å²) in [5.41, 5.74) is 8.68. The van der Waals surface area contributed by atoms with Gasteiger partial charge in [0.1, 0.15) is 5.82 Å². The van der Waals surface area contributed by atoms with Crippen molar-refractivity contribution >= 4 is 5.82 Å². The molecule has 0 saturated heterocycles. The third-order valence-corrected chi connectivity index (χ3v) is 2.76. The minimum Gasteiger partial charge on any atom is -0.382 e. The van der Waals surface area contributed by atoms with Crippen molar-refractivity contribution in [1.82, 2.24) is 20.2 Å². The Morgan fingerprint density at radius 1 is 1.05 bits per heavy atom. The van der Waals surface area contributed by atoms with Crippen LogP contribution in [0.4, 0.5) is 10.2 Å². The Balaban J connectivity index is 2.19. The second-order valence-corrected chi connectivity index (χ2v) is 3.99. The molecule has 0 aliphatic rings. The average Bonchev–Trinajstić information content (AvgIpc) is 2.82. The third kappa shape index (κ3) is 2.03. The number of nitrogens with two attached hydrogens (primary N) is 1. The lowest BCUT2D eigenvalue weighted by Crippen LogP contribution is -1.89. The number of rotatable bonds is 2. The molecule has 94 valence electrons. The van der Waals surface area contributed by atoms with Gasteiger partial charge in [-0.2, -0.15) is 5.10 Å². The third-order valence-electron chi connectivity index (χ3n) is 2.76. The quantitative estimate of drug-likeness (QED) is 0.736. The van der Waals surface area contributed by atoms with Gasteiger partial charge in [-0.05, 0) is 23.8 Å². The largest absolute Gasteiger partial charge is 0.382 e. The molecule has 0 atom stereocenters. The highest BCUT2D eigenvalue weighted by Crippen LogP contribution is 2.33. The zero-order valence-corrected chi connectivity index (χ0v) is 9.84. The number of nitrogens with one attached hydrogen (secondary N) is 1. The van der Waals surface area contributed by atoms with Crippen molar-refractivity contribution in [1.29, 1.82) is 0 Å². The minimum atomic E-state index is -0.411. The monoisotopic (exact) mass is 255 g/mol. The first-order valence-electron chi connectivity index (χ1n) is 5.61. The molecule has 0 radical (unpaired) electrons. The second kappa shape index (κ2) is 4.49. The number of aromatic nitrogens is 4. The van der Waals surface area contributed by atoms with Crippen LogP contribution in [0.1, 0.15) is 0 Å². The number of halogens is 1. The van der Waals surface area contributed by atoms with Gasteiger partial charge in [0, 0.05) is 24.2 Å². The fraction of sp³-hybridized carbons (Fsp3) is 0. The molecule has 19 heavy (non-hydrogen) atoms. The molecule has 0 fully saturated rings. The highest BCUT2D eigenvalue weighted by atomic mass is 19.1. The molecule has 0 unspecified atom stereocenters. The van der Waals surface area contributed by atoms with Crippen molar-refractivity contribution in [3.05, 3.63) is 48.8 Å². The average molecular weight is 255 g/mol. The number of hydrogen-bond donors (Lipinski definition) is 2. The van der Waals surface area contributed by atoms with Crippen molar-refractivity contribution in [3.63, 3.8) is 0 Å². The number of nitrogens with zero attached hydrogens (tertiary/aromatic N) is 3. The summed E-state index contributed by atoms with van der Waals surface area (Å²) in [4.78, 5) is 7.79. The Kier molecular flexibility index (Phi) is 2.68. The number of aromatic amines is 1. The first-order valence-corrected chi connectivity index (χ1v) is 5.61. The van der Waals surface area contributed by atoms with Crippen LogP contribution in [0.15, 0.2) is 43.0 Å². The van der Waals surface area contributed by atoms with Gasteiger partial charge in [0.25, 0.3) is 0 Å². The van der Waals surface area contributed by atoms with Crippen molar-refractivity contribution < 1.29 is 4.39 Å². The number of anilines is 1. The summed E-state index contributed by atoms with van der Waals surface area (Å²) in [5.74, 6) is -0.0585. The molecule has 3 N–H and O–H groups in total. The molecule has 0 aliphatic carbocycles. The van der Waals surface area contributed by atoms with E-state index in [1.54, 1.807) is 18.6 Å².